The van der Waals surface area contributed by atoms with Crippen LogP contribution < -0.4 is 0 Å². The Labute approximate surface area is 92.8 Å². The van der Waals surface area contributed by atoms with Gasteiger partial charge in [0.15, 0.2) is 0 Å². The van der Waals surface area contributed by atoms with E-state index in [0.717, 1.165) is 19.6 Å². The monoisotopic (exact) mass is 211 g/mol. The van der Waals surface area contributed by atoms with Gasteiger partial charge in [-0.25, -0.2) is 0 Å². The predicted molar refractivity (Wildman–Crippen MR) is 61.4 cm³/mol. The molecule has 0 aliphatic carbocycles. The second-order valence-electron chi connectivity index (χ2n) is 3.44. The molecule has 0 amide bonds. The summed E-state index contributed by atoms with van der Waals surface area (Å²) >= 11 is 0. The molecule has 1 atom stereocenters. The van der Waals surface area contributed by atoms with Gasteiger partial charge < -0.3 is 4.74 Å². The minimum Gasteiger partial charge on any atom is -0.462 e. The van der Waals surface area contributed by atoms with Crippen LogP contribution in [0.1, 0.15) is 34.1 Å². The Bertz CT molecular complexity index is 236. The van der Waals surface area contributed by atoms with Crippen molar-refractivity contribution < 1.29 is 9.53 Å². The summed E-state index contributed by atoms with van der Waals surface area (Å²) in [5, 5.41) is 0. The summed E-state index contributed by atoms with van der Waals surface area (Å²) in [5.74, 6) is 5.85. The summed E-state index contributed by atoms with van der Waals surface area (Å²) in [6, 6.07) is 0. The van der Waals surface area contributed by atoms with E-state index < -0.39 is 0 Å². The highest BCUT2D eigenvalue weighted by atomic mass is 16.5. The van der Waals surface area contributed by atoms with Gasteiger partial charge in [0.1, 0.15) is 6.10 Å². The molecule has 0 rings (SSSR count). The number of carbonyl (C=O) groups excluding carboxylic acids is 1. The minimum absolute atomic E-state index is 0.105. The van der Waals surface area contributed by atoms with E-state index in [-0.39, 0.29) is 12.1 Å². The first kappa shape index (κ1) is 14.0. The topological polar surface area (TPSA) is 29.5 Å². The largest absolute Gasteiger partial charge is 0.462 e. The Morgan fingerprint density at radius 1 is 1.33 bits per heavy atom. The third kappa shape index (κ3) is 8.02. The molecule has 15 heavy (non-hydrogen) atoms. The number of rotatable bonds is 5. The van der Waals surface area contributed by atoms with Crippen molar-refractivity contribution >= 4 is 5.97 Å². The lowest BCUT2D eigenvalue weighted by Gasteiger charge is -2.13. The van der Waals surface area contributed by atoms with Crippen LogP contribution in [0.2, 0.25) is 0 Å². The summed E-state index contributed by atoms with van der Waals surface area (Å²) < 4.78 is 4.95. The number of hydrogen-bond acceptors (Lipinski definition) is 3. The van der Waals surface area contributed by atoms with Gasteiger partial charge in [0, 0.05) is 13.3 Å². The lowest BCUT2D eigenvalue weighted by Crippen LogP contribution is -2.22. The molecule has 0 aromatic rings. The molecule has 0 heterocycles. The van der Waals surface area contributed by atoms with Crippen LogP contribution >= 0.6 is 0 Å². The number of hydrogen-bond donors (Lipinski definition) is 0. The molecule has 0 N–H and O–H groups in total. The molecule has 3 nitrogen and oxygen atoms in total. The average Bonchev–Trinajstić information content (AvgIpc) is 2.17. The molecule has 0 aromatic heterocycles. The molecular weight excluding hydrogens is 190 g/mol. The molecule has 0 saturated heterocycles. The van der Waals surface area contributed by atoms with E-state index in [1.165, 1.54) is 6.92 Å². The van der Waals surface area contributed by atoms with E-state index >= 15 is 0 Å². The quantitative estimate of drug-likeness (QED) is 0.512. The van der Waals surface area contributed by atoms with Crippen molar-refractivity contribution in [2.24, 2.45) is 0 Å². The molecule has 0 saturated carbocycles. The van der Waals surface area contributed by atoms with E-state index in [9.17, 15) is 4.79 Å². The van der Waals surface area contributed by atoms with Crippen molar-refractivity contribution in [2.45, 2.75) is 40.2 Å². The maximum absolute atomic E-state index is 10.6. The molecule has 0 aliphatic rings. The Balaban J connectivity index is 3.74. The van der Waals surface area contributed by atoms with Crippen LogP contribution in [-0.2, 0) is 9.53 Å². The minimum atomic E-state index is -0.243. The standard InChI is InChI=1S/C12H21NO2/c1-5-13(6-2)10-8-7-9-11(3)15-12(4)14/h11H,5-6,9-10H2,1-4H3/t11-/m1/s1. The van der Waals surface area contributed by atoms with Crippen LogP contribution in [0.5, 0.6) is 0 Å². The van der Waals surface area contributed by atoms with Crippen molar-refractivity contribution in [3.05, 3.63) is 0 Å². The summed E-state index contributed by atoms with van der Waals surface area (Å²) in [6.07, 6.45) is 0.507. The van der Waals surface area contributed by atoms with E-state index in [2.05, 4.69) is 30.6 Å². The molecular formula is C12H21NO2. The number of esters is 1. The van der Waals surface area contributed by atoms with Gasteiger partial charge in [-0.2, -0.15) is 0 Å². The summed E-state index contributed by atoms with van der Waals surface area (Å²) in [5.41, 5.74) is 0. The fourth-order valence-electron chi connectivity index (χ4n) is 1.16. The van der Waals surface area contributed by atoms with E-state index in [1.807, 2.05) is 6.92 Å². The lowest BCUT2D eigenvalue weighted by molar-refractivity contribution is -0.145. The third-order valence-corrected chi connectivity index (χ3v) is 2.08. The first-order valence-electron chi connectivity index (χ1n) is 5.45. The van der Waals surface area contributed by atoms with Crippen LogP contribution in [-0.4, -0.2) is 36.6 Å². The van der Waals surface area contributed by atoms with Gasteiger partial charge in [0.05, 0.1) is 6.54 Å². The average molecular weight is 211 g/mol. The fraction of sp³-hybridized carbons (Fsp3) is 0.750. The van der Waals surface area contributed by atoms with E-state index in [4.69, 9.17) is 4.74 Å². The third-order valence-electron chi connectivity index (χ3n) is 2.08. The van der Waals surface area contributed by atoms with Gasteiger partial charge >= 0.3 is 5.97 Å². The molecule has 0 spiro atoms. The van der Waals surface area contributed by atoms with Crippen molar-refractivity contribution in [1.29, 1.82) is 0 Å². The highest BCUT2D eigenvalue weighted by Crippen LogP contribution is 1.95. The first-order chi connectivity index (χ1) is 7.10. The summed E-state index contributed by atoms with van der Waals surface area (Å²) in [6.45, 7) is 10.3. The summed E-state index contributed by atoms with van der Waals surface area (Å²) in [4.78, 5) is 12.8. The molecule has 0 aromatic carbocycles. The highest BCUT2D eigenvalue weighted by molar-refractivity contribution is 5.66. The Kier molecular flexibility index (Phi) is 7.75. The van der Waals surface area contributed by atoms with Crippen LogP contribution in [0.3, 0.4) is 0 Å². The molecule has 0 aliphatic heterocycles. The summed E-state index contributed by atoms with van der Waals surface area (Å²) in [7, 11) is 0. The Hall–Kier alpha value is -1.01. The Morgan fingerprint density at radius 3 is 2.40 bits per heavy atom. The molecule has 3 heteroatoms. The van der Waals surface area contributed by atoms with E-state index in [0.29, 0.717) is 6.42 Å². The van der Waals surface area contributed by atoms with Gasteiger partial charge in [-0.15, -0.1) is 0 Å². The zero-order chi connectivity index (χ0) is 11.7. The van der Waals surface area contributed by atoms with Gasteiger partial charge in [-0.1, -0.05) is 25.7 Å². The fourth-order valence-corrected chi connectivity index (χ4v) is 1.16. The maximum atomic E-state index is 10.6. The van der Waals surface area contributed by atoms with Gasteiger partial charge in [-0.05, 0) is 20.0 Å². The van der Waals surface area contributed by atoms with Crippen molar-refractivity contribution in [3.63, 3.8) is 0 Å². The number of carbonyl (C=O) groups is 1. The maximum Gasteiger partial charge on any atom is 0.302 e. The molecule has 0 radical (unpaired) electrons. The van der Waals surface area contributed by atoms with Gasteiger partial charge in [0.2, 0.25) is 0 Å². The molecule has 0 fully saturated rings. The second kappa shape index (κ2) is 8.31. The van der Waals surface area contributed by atoms with Crippen LogP contribution in [0.15, 0.2) is 0 Å². The van der Waals surface area contributed by atoms with Crippen molar-refractivity contribution in [2.75, 3.05) is 19.6 Å². The number of ether oxygens (including phenoxy) is 1. The van der Waals surface area contributed by atoms with Crippen molar-refractivity contribution in [3.8, 4) is 11.8 Å². The molecule has 86 valence electrons. The number of nitrogens with zero attached hydrogens (tertiary/aromatic N) is 1. The van der Waals surface area contributed by atoms with Crippen molar-refractivity contribution in [1.82, 2.24) is 4.90 Å². The second-order valence-corrected chi connectivity index (χ2v) is 3.44. The smallest absolute Gasteiger partial charge is 0.302 e. The van der Waals surface area contributed by atoms with E-state index in [1.54, 1.807) is 0 Å². The van der Waals surface area contributed by atoms with Crippen LogP contribution in [0, 0.1) is 11.8 Å². The lowest BCUT2D eigenvalue weighted by atomic mass is 10.3. The molecule has 0 unspecified atom stereocenters. The van der Waals surface area contributed by atoms with Gasteiger partial charge in [-0.3, -0.25) is 9.69 Å². The molecule has 0 bridgehead atoms. The van der Waals surface area contributed by atoms with Crippen LogP contribution in [0.4, 0.5) is 0 Å². The van der Waals surface area contributed by atoms with Gasteiger partial charge in [0.25, 0.3) is 0 Å². The Morgan fingerprint density at radius 2 is 1.93 bits per heavy atom. The highest BCUT2D eigenvalue weighted by Gasteiger charge is 2.01. The first-order valence-corrected chi connectivity index (χ1v) is 5.45. The zero-order valence-electron chi connectivity index (χ0n) is 10.2. The normalized spacial score (nSPS) is 11.8. The predicted octanol–water partition coefficient (Wildman–Crippen LogP) is 1.67. The zero-order valence-corrected chi connectivity index (χ0v) is 10.2. The SMILES string of the molecule is CCN(CC)CC#CC[C@@H](C)OC(C)=O. The van der Waals surface area contributed by atoms with Crippen LogP contribution in [0.25, 0.3) is 0 Å².